The van der Waals surface area contributed by atoms with E-state index in [0.717, 1.165) is 0 Å². The molecule has 0 fully saturated rings. The number of rotatable bonds is 1. The average molecular weight is 113 g/mol. The van der Waals surface area contributed by atoms with Crippen molar-refractivity contribution >= 4 is 12.6 Å². The van der Waals surface area contributed by atoms with E-state index in [4.69, 9.17) is 19.1 Å². The fraction of sp³-hybridized carbons (Fsp3) is 0.667. The van der Waals surface area contributed by atoms with Crippen LogP contribution >= 0.6 is 12.6 Å². The summed E-state index contributed by atoms with van der Waals surface area (Å²) in [6, 6.07) is 0. The van der Waals surface area contributed by atoms with Gasteiger partial charge in [0.15, 0.2) is 0 Å². The van der Waals surface area contributed by atoms with Gasteiger partial charge in [0.05, 0.1) is 5.25 Å². The molecule has 0 rings (SSSR count). The van der Waals surface area contributed by atoms with Gasteiger partial charge < -0.3 is 0 Å². The van der Waals surface area contributed by atoms with Gasteiger partial charge in [0.1, 0.15) is 0 Å². The third-order valence-corrected chi connectivity index (χ3v) is 1.45. The molecule has 0 saturated carbocycles. The second kappa shape index (κ2) is 2.98. The number of terminal acetylenes is 1. The first-order valence-corrected chi connectivity index (χ1v) is 2.77. The molecule has 0 amide bonds. The minimum absolute atomic E-state index is 0.0139. The van der Waals surface area contributed by atoms with Crippen LogP contribution in [0.4, 0.5) is 0 Å². The van der Waals surface area contributed by atoms with Gasteiger partial charge in [-0.15, -0.1) is 6.42 Å². The largest absolute Gasteiger partial charge is 0.119 e. The van der Waals surface area contributed by atoms with Crippen molar-refractivity contribution in [2.75, 3.05) is 0 Å². The van der Waals surface area contributed by atoms with E-state index in [1.807, 2.05) is 13.8 Å². The lowest BCUT2D eigenvalue weighted by Gasteiger charge is -2.02. The highest BCUT2D eigenvalue weighted by atomic mass is 32.1. The Morgan fingerprint density at radius 3 is 2.00 bits per heavy atom. The van der Waals surface area contributed by atoms with Crippen LogP contribution in [0.5, 0.6) is 0 Å². The standard InChI is InChI=1S/C6H9S/c1-4-6(7)5(2)3/h1,5-6H,2-3H3. The summed E-state index contributed by atoms with van der Waals surface area (Å²) in [4.78, 5) is 0. The predicted octanol–water partition coefficient (Wildman–Crippen LogP) is 1.84. The van der Waals surface area contributed by atoms with Crippen molar-refractivity contribution in [2.24, 2.45) is 5.92 Å². The van der Waals surface area contributed by atoms with E-state index >= 15 is 0 Å². The molecule has 0 aromatic heterocycles. The van der Waals surface area contributed by atoms with Gasteiger partial charge in [-0.05, 0) is 5.92 Å². The van der Waals surface area contributed by atoms with Gasteiger partial charge >= 0.3 is 0 Å². The number of hydrogen-bond donors (Lipinski definition) is 0. The minimum atomic E-state index is 0.0139. The normalized spacial score (nSPS) is 13.6. The lowest BCUT2D eigenvalue weighted by Crippen LogP contribution is -2.02. The van der Waals surface area contributed by atoms with Crippen molar-refractivity contribution in [3.05, 3.63) is 0 Å². The quantitative estimate of drug-likeness (QED) is 0.455. The summed E-state index contributed by atoms with van der Waals surface area (Å²) < 4.78 is 0. The van der Waals surface area contributed by atoms with E-state index in [1.165, 1.54) is 0 Å². The van der Waals surface area contributed by atoms with E-state index in [2.05, 4.69) is 5.92 Å². The Hall–Kier alpha value is -0.0900. The van der Waals surface area contributed by atoms with Crippen LogP contribution in [0.1, 0.15) is 13.8 Å². The fourth-order valence-corrected chi connectivity index (χ4v) is 0.192. The Bertz CT molecular complexity index is 78.7. The second-order valence-electron chi connectivity index (χ2n) is 1.83. The van der Waals surface area contributed by atoms with Gasteiger partial charge in [0.2, 0.25) is 0 Å². The SMILES string of the molecule is C#CC([S])C(C)C. The first-order chi connectivity index (χ1) is 3.18. The second-order valence-corrected chi connectivity index (χ2v) is 2.34. The summed E-state index contributed by atoms with van der Waals surface area (Å²) in [5, 5.41) is 0.0139. The van der Waals surface area contributed by atoms with Crippen molar-refractivity contribution in [1.29, 1.82) is 0 Å². The van der Waals surface area contributed by atoms with Crippen molar-refractivity contribution in [3.63, 3.8) is 0 Å². The Labute approximate surface area is 50.7 Å². The van der Waals surface area contributed by atoms with Crippen LogP contribution in [0.25, 0.3) is 0 Å². The fourth-order valence-electron chi connectivity index (χ4n) is 0.192. The van der Waals surface area contributed by atoms with Gasteiger partial charge in [-0.2, -0.15) is 0 Å². The van der Waals surface area contributed by atoms with E-state index < -0.39 is 0 Å². The Kier molecular flexibility index (Phi) is 2.95. The van der Waals surface area contributed by atoms with Crippen LogP contribution in [0.2, 0.25) is 0 Å². The molecule has 0 saturated heterocycles. The smallest absolute Gasteiger partial charge is 0.0781 e. The third-order valence-electron chi connectivity index (χ3n) is 0.770. The zero-order valence-electron chi connectivity index (χ0n) is 4.64. The molecule has 0 aliphatic carbocycles. The van der Waals surface area contributed by atoms with Crippen molar-refractivity contribution in [2.45, 2.75) is 19.1 Å². The van der Waals surface area contributed by atoms with Crippen molar-refractivity contribution in [3.8, 4) is 12.3 Å². The molecule has 0 aromatic carbocycles. The summed E-state index contributed by atoms with van der Waals surface area (Å²) in [6.45, 7) is 4.05. The molecule has 1 heteroatoms. The lowest BCUT2D eigenvalue weighted by molar-refractivity contribution is 0.693. The van der Waals surface area contributed by atoms with E-state index in [1.54, 1.807) is 0 Å². The van der Waals surface area contributed by atoms with E-state index in [-0.39, 0.29) is 5.25 Å². The molecule has 39 valence electrons. The van der Waals surface area contributed by atoms with Gasteiger partial charge in [-0.25, -0.2) is 0 Å². The van der Waals surface area contributed by atoms with E-state index in [9.17, 15) is 0 Å². The molecule has 0 aliphatic heterocycles. The molecule has 0 N–H and O–H groups in total. The third kappa shape index (κ3) is 2.59. The molecule has 0 heterocycles. The summed E-state index contributed by atoms with van der Waals surface area (Å²) in [6.07, 6.45) is 5.02. The van der Waals surface area contributed by atoms with Crippen LogP contribution < -0.4 is 0 Å². The van der Waals surface area contributed by atoms with Gasteiger partial charge in [0, 0.05) is 0 Å². The zero-order valence-corrected chi connectivity index (χ0v) is 5.46. The molecule has 0 aromatic rings. The first-order valence-electron chi connectivity index (χ1n) is 2.30. The highest BCUT2D eigenvalue weighted by Crippen LogP contribution is 2.05. The maximum atomic E-state index is 5.02. The van der Waals surface area contributed by atoms with Crippen LogP contribution in [0, 0.1) is 18.3 Å². The molecule has 0 nitrogen and oxygen atoms in total. The van der Waals surface area contributed by atoms with E-state index in [0.29, 0.717) is 5.92 Å². The Morgan fingerprint density at radius 1 is 1.57 bits per heavy atom. The van der Waals surface area contributed by atoms with Gasteiger partial charge in [0.25, 0.3) is 0 Å². The molecular weight excluding hydrogens is 104 g/mol. The average Bonchev–Trinajstić information content (AvgIpc) is 1.65. The lowest BCUT2D eigenvalue weighted by atomic mass is 10.1. The summed E-state index contributed by atoms with van der Waals surface area (Å²) in [5.41, 5.74) is 0. The molecular formula is C6H9S. The molecule has 0 spiro atoms. The van der Waals surface area contributed by atoms with Crippen LogP contribution in [0.3, 0.4) is 0 Å². The molecule has 0 bridgehead atoms. The van der Waals surface area contributed by atoms with Crippen LogP contribution in [0.15, 0.2) is 0 Å². The minimum Gasteiger partial charge on any atom is -0.119 e. The summed E-state index contributed by atoms with van der Waals surface area (Å²) in [7, 11) is 0. The van der Waals surface area contributed by atoms with Crippen LogP contribution in [-0.2, 0) is 0 Å². The molecule has 1 atom stereocenters. The summed E-state index contributed by atoms with van der Waals surface area (Å²) in [5.74, 6) is 2.92. The predicted molar refractivity (Wildman–Crippen MR) is 35.0 cm³/mol. The Balaban J connectivity index is 3.40. The molecule has 1 unspecified atom stereocenters. The summed E-state index contributed by atoms with van der Waals surface area (Å²) >= 11 is 4.83. The van der Waals surface area contributed by atoms with Crippen LogP contribution in [-0.4, -0.2) is 5.25 Å². The maximum absolute atomic E-state index is 5.02. The zero-order chi connectivity index (χ0) is 5.86. The van der Waals surface area contributed by atoms with Crippen molar-refractivity contribution in [1.82, 2.24) is 0 Å². The topological polar surface area (TPSA) is 0 Å². The molecule has 1 radical (unpaired) electrons. The monoisotopic (exact) mass is 113 g/mol. The number of hydrogen-bond acceptors (Lipinski definition) is 0. The first kappa shape index (κ1) is 6.91. The molecule has 7 heavy (non-hydrogen) atoms. The highest BCUT2D eigenvalue weighted by Gasteiger charge is 2.01. The van der Waals surface area contributed by atoms with Gasteiger partial charge in [-0.1, -0.05) is 32.4 Å². The Morgan fingerprint density at radius 2 is 2.00 bits per heavy atom. The molecule has 0 aliphatic rings. The highest BCUT2D eigenvalue weighted by molar-refractivity contribution is 7.81. The van der Waals surface area contributed by atoms with Gasteiger partial charge in [-0.3, -0.25) is 0 Å². The maximum Gasteiger partial charge on any atom is 0.0781 e. The van der Waals surface area contributed by atoms with Crippen molar-refractivity contribution < 1.29 is 0 Å².